The van der Waals surface area contributed by atoms with Crippen molar-refractivity contribution in [3.63, 3.8) is 0 Å². The van der Waals surface area contributed by atoms with Crippen LogP contribution in [0.3, 0.4) is 0 Å². The lowest BCUT2D eigenvalue weighted by atomic mass is 9.96. The van der Waals surface area contributed by atoms with Gasteiger partial charge in [0.2, 0.25) is 0 Å². The third-order valence-corrected chi connectivity index (χ3v) is 4.81. The minimum absolute atomic E-state index is 0.344. The lowest BCUT2D eigenvalue weighted by Crippen LogP contribution is -2.32. The molecular formula is C19H19ClN4O. The molecule has 4 rings (SSSR count). The normalized spacial score (nSPS) is 16.2. The van der Waals surface area contributed by atoms with E-state index in [2.05, 4.69) is 26.1 Å². The zero-order chi connectivity index (χ0) is 17.1. The molecule has 0 amide bonds. The number of rotatable bonds is 4. The van der Waals surface area contributed by atoms with E-state index < -0.39 is 0 Å². The Labute approximate surface area is 151 Å². The maximum absolute atomic E-state index is 6.07. The first-order valence-corrected chi connectivity index (χ1v) is 8.87. The molecule has 1 fully saturated rings. The molecule has 1 aliphatic heterocycles. The zero-order valence-electron chi connectivity index (χ0n) is 13.8. The predicted molar refractivity (Wildman–Crippen MR) is 96.2 cm³/mol. The van der Waals surface area contributed by atoms with E-state index >= 15 is 0 Å². The molecule has 5 nitrogen and oxygen atoms in total. The van der Waals surface area contributed by atoms with Gasteiger partial charge in [0.25, 0.3) is 5.89 Å². The van der Waals surface area contributed by atoms with Gasteiger partial charge in [0.15, 0.2) is 5.82 Å². The second-order valence-electron chi connectivity index (χ2n) is 6.35. The Kier molecular flexibility index (Phi) is 4.76. The van der Waals surface area contributed by atoms with E-state index in [0.29, 0.717) is 11.8 Å². The first-order chi connectivity index (χ1) is 12.3. The predicted octanol–water partition coefficient (Wildman–Crippen LogP) is 4.16. The summed E-state index contributed by atoms with van der Waals surface area (Å²) in [4.78, 5) is 11.3. The van der Waals surface area contributed by atoms with Crippen molar-refractivity contribution in [1.29, 1.82) is 0 Å². The summed E-state index contributed by atoms with van der Waals surface area (Å²) >= 11 is 6.07. The van der Waals surface area contributed by atoms with Gasteiger partial charge in [-0.25, -0.2) is 0 Å². The third-order valence-electron chi connectivity index (χ3n) is 4.57. The van der Waals surface area contributed by atoms with Crippen molar-refractivity contribution in [2.24, 2.45) is 0 Å². The summed E-state index contributed by atoms with van der Waals surface area (Å²) in [6.45, 7) is 2.97. The Morgan fingerprint density at radius 3 is 2.76 bits per heavy atom. The first kappa shape index (κ1) is 16.2. The Morgan fingerprint density at radius 1 is 1.12 bits per heavy atom. The van der Waals surface area contributed by atoms with Crippen LogP contribution in [0.1, 0.15) is 30.1 Å². The van der Waals surface area contributed by atoms with Crippen LogP contribution in [0.5, 0.6) is 0 Å². The topological polar surface area (TPSA) is 55.1 Å². The highest BCUT2D eigenvalue weighted by molar-refractivity contribution is 6.30. The van der Waals surface area contributed by atoms with Crippen molar-refractivity contribution in [3.05, 3.63) is 65.1 Å². The van der Waals surface area contributed by atoms with Crippen LogP contribution in [-0.4, -0.2) is 33.1 Å². The van der Waals surface area contributed by atoms with Gasteiger partial charge < -0.3 is 4.52 Å². The van der Waals surface area contributed by atoms with E-state index in [4.69, 9.17) is 16.1 Å². The van der Waals surface area contributed by atoms with Gasteiger partial charge in [-0.1, -0.05) is 35.0 Å². The molecule has 0 saturated carbocycles. The number of benzene rings is 1. The number of hydrogen-bond donors (Lipinski definition) is 0. The molecule has 0 atom stereocenters. The summed E-state index contributed by atoms with van der Waals surface area (Å²) in [6, 6.07) is 13.7. The quantitative estimate of drug-likeness (QED) is 0.704. The molecular weight excluding hydrogens is 336 g/mol. The summed E-state index contributed by atoms with van der Waals surface area (Å²) in [5.41, 5.74) is 1.97. The molecule has 0 aliphatic carbocycles. The highest BCUT2D eigenvalue weighted by Crippen LogP contribution is 2.28. The maximum atomic E-state index is 6.07. The van der Waals surface area contributed by atoms with Gasteiger partial charge in [0, 0.05) is 23.7 Å². The van der Waals surface area contributed by atoms with Gasteiger partial charge in [-0.2, -0.15) is 4.98 Å². The molecule has 1 aliphatic rings. The van der Waals surface area contributed by atoms with E-state index in [-0.39, 0.29) is 0 Å². The van der Waals surface area contributed by atoms with Crippen molar-refractivity contribution < 1.29 is 4.52 Å². The summed E-state index contributed by atoms with van der Waals surface area (Å²) < 4.78 is 5.39. The van der Waals surface area contributed by atoms with Gasteiger partial charge in [-0.15, -0.1) is 0 Å². The van der Waals surface area contributed by atoms with Crippen LogP contribution >= 0.6 is 11.6 Å². The Bertz CT molecular complexity index is 828. The van der Waals surface area contributed by atoms with E-state index in [1.807, 2.05) is 36.4 Å². The van der Waals surface area contributed by atoms with Crippen LogP contribution in [0.2, 0.25) is 5.02 Å². The van der Waals surface area contributed by atoms with Gasteiger partial charge in [0.1, 0.15) is 5.69 Å². The monoisotopic (exact) mass is 354 g/mol. The molecule has 0 unspecified atom stereocenters. The largest absolute Gasteiger partial charge is 0.332 e. The molecule has 2 aromatic heterocycles. The average Bonchev–Trinajstić information content (AvgIpc) is 3.13. The van der Waals surface area contributed by atoms with Crippen LogP contribution < -0.4 is 0 Å². The van der Waals surface area contributed by atoms with E-state index in [1.54, 1.807) is 6.20 Å². The average molecular weight is 355 g/mol. The van der Waals surface area contributed by atoms with Gasteiger partial charge in [-0.3, -0.25) is 9.88 Å². The Hall–Kier alpha value is -2.24. The molecule has 0 N–H and O–H groups in total. The molecule has 25 heavy (non-hydrogen) atoms. The standard InChI is InChI=1S/C19H19ClN4O/c20-16-5-3-4-14(12-16)13-24-10-7-15(8-11-24)18-22-19(25-23-18)17-6-1-2-9-21-17/h1-6,9,12,15H,7-8,10-11,13H2. The van der Waals surface area contributed by atoms with Crippen molar-refractivity contribution in [2.45, 2.75) is 25.3 Å². The number of pyridine rings is 1. The van der Waals surface area contributed by atoms with E-state index in [0.717, 1.165) is 49.0 Å². The lowest BCUT2D eigenvalue weighted by Gasteiger charge is -2.30. The highest BCUT2D eigenvalue weighted by Gasteiger charge is 2.25. The van der Waals surface area contributed by atoms with Crippen LogP contribution in [0, 0.1) is 0 Å². The summed E-state index contributed by atoms with van der Waals surface area (Å²) in [5, 5.41) is 4.97. The fraction of sp³-hybridized carbons (Fsp3) is 0.316. The van der Waals surface area contributed by atoms with Crippen molar-refractivity contribution in [3.8, 4) is 11.6 Å². The molecule has 0 bridgehead atoms. The smallest absolute Gasteiger partial charge is 0.276 e. The molecule has 0 radical (unpaired) electrons. The van der Waals surface area contributed by atoms with Gasteiger partial charge >= 0.3 is 0 Å². The third kappa shape index (κ3) is 3.89. The summed E-state index contributed by atoms with van der Waals surface area (Å²) in [5.74, 6) is 1.64. The maximum Gasteiger partial charge on any atom is 0.276 e. The van der Waals surface area contributed by atoms with Crippen molar-refractivity contribution in [1.82, 2.24) is 20.0 Å². The van der Waals surface area contributed by atoms with Crippen LogP contribution in [0.15, 0.2) is 53.2 Å². The molecule has 1 saturated heterocycles. The Morgan fingerprint density at radius 2 is 2.00 bits per heavy atom. The zero-order valence-corrected chi connectivity index (χ0v) is 14.6. The second-order valence-corrected chi connectivity index (χ2v) is 6.79. The number of nitrogens with zero attached hydrogens (tertiary/aromatic N) is 4. The molecule has 6 heteroatoms. The fourth-order valence-electron chi connectivity index (χ4n) is 3.24. The molecule has 0 spiro atoms. The van der Waals surface area contributed by atoms with Gasteiger partial charge in [-0.05, 0) is 55.8 Å². The van der Waals surface area contributed by atoms with Crippen molar-refractivity contribution >= 4 is 11.6 Å². The molecule has 128 valence electrons. The summed E-state index contributed by atoms with van der Waals surface area (Å²) in [7, 11) is 0. The van der Waals surface area contributed by atoms with E-state index in [1.165, 1.54) is 5.56 Å². The van der Waals surface area contributed by atoms with Crippen LogP contribution in [0.25, 0.3) is 11.6 Å². The van der Waals surface area contributed by atoms with Crippen LogP contribution in [-0.2, 0) is 6.54 Å². The second kappa shape index (κ2) is 7.33. The number of likely N-dealkylation sites (tertiary alicyclic amines) is 1. The number of aromatic nitrogens is 3. The lowest BCUT2D eigenvalue weighted by molar-refractivity contribution is 0.200. The number of hydrogen-bond acceptors (Lipinski definition) is 5. The molecule has 1 aromatic carbocycles. The minimum Gasteiger partial charge on any atom is -0.332 e. The minimum atomic E-state index is 0.344. The summed E-state index contributed by atoms with van der Waals surface area (Å²) in [6.07, 6.45) is 3.79. The van der Waals surface area contributed by atoms with Gasteiger partial charge in [0.05, 0.1) is 0 Å². The SMILES string of the molecule is Clc1cccc(CN2CCC(c3noc(-c4ccccn4)n3)CC2)c1. The number of halogens is 1. The van der Waals surface area contributed by atoms with Crippen LogP contribution in [0.4, 0.5) is 0 Å². The fourth-order valence-corrected chi connectivity index (χ4v) is 3.45. The Balaban J connectivity index is 1.37. The van der Waals surface area contributed by atoms with Crippen molar-refractivity contribution in [2.75, 3.05) is 13.1 Å². The molecule has 3 heterocycles. The highest BCUT2D eigenvalue weighted by atomic mass is 35.5. The number of piperidine rings is 1. The molecule has 3 aromatic rings. The first-order valence-electron chi connectivity index (χ1n) is 8.50. The van der Waals surface area contributed by atoms with E-state index in [9.17, 15) is 0 Å².